The fourth-order valence-corrected chi connectivity index (χ4v) is 5.71. The van der Waals surface area contributed by atoms with Crippen molar-refractivity contribution >= 4 is 5.97 Å². The normalized spacial score (nSPS) is 19.7. The number of esters is 1. The molecular formula is C33H34F7NO3. The summed E-state index contributed by atoms with van der Waals surface area (Å²) in [5.41, 5.74) is -1.41. The molecule has 1 fully saturated rings. The molecule has 3 aromatic carbocycles. The van der Waals surface area contributed by atoms with Gasteiger partial charge in [0.1, 0.15) is 12.4 Å². The summed E-state index contributed by atoms with van der Waals surface area (Å²) in [6.45, 7) is 2.54. The molecule has 4 rings (SSSR count). The van der Waals surface area contributed by atoms with Gasteiger partial charge in [0, 0.05) is 19.0 Å². The lowest BCUT2D eigenvalue weighted by atomic mass is 9.87. The summed E-state index contributed by atoms with van der Waals surface area (Å²) in [7, 11) is 1.85. The van der Waals surface area contributed by atoms with E-state index in [4.69, 9.17) is 9.47 Å². The van der Waals surface area contributed by atoms with Crippen molar-refractivity contribution in [2.24, 2.45) is 5.92 Å². The second-order valence-corrected chi connectivity index (χ2v) is 11.2. The van der Waals surface area contributed by atoms with Gasteiger partial charge in [-0.1, -0.05) is 42.5 Å². The molecule has 3 aromatic rings. The number of carbonyl (C=O) groups is 1. The molecule has 0 N–H and O–H groups in total. The highest BCUT2D eigenvalue weighted by atomic mass is 19.4. The highest BCUT2D eigenvalue weighted by Gasteiger charge is 2.41. The first-order valence-corrected chi connectivity index (χ1v) is 14.3. The minimum Gasteiger partial charge on any atom is -0.461 e. The Balaban J connectivity index is 1.45. The average Bonchev–Trinajstić information content (AvgIpc) is 3.36. The van der Waals surface area contributed by atoms with Crippen LogP contribution >= 0.6 is 0 Å². The standard InChI is InChI=1S/C33H34F7NO3/c1-21(25-16-26(32(35,36)37)18-27(17-25)33(38,39)40)44-29-13-10-24(31(29)23-8-11-28(34)12-9-23)19-41(2)15-14-30(42)43-20-22-6-4-3-5-7-22/h3-9,11-12,16-18,21,24,29,31H,10,13-15,19-20H2,1-2H3/t21-,24?,29?,31?/m1/s1. The van der Waals surface area contributed by atoms with Crippen LogP contribution in [0, 0.1) is 11.7 Å². The molecule has 4 nitrogen and oxygen atoms in total. The number of halogens is 7. The van der Waals surface area contributed by atoms with Crippen LogP contribution in [0.5, 0.6) is 0 Å². The summed E-state index contributed by atoms with van der Waals surface area (Å²) < 4.78 is 106. The Hall–Kier alpha value is -3.44. The third-order valence-corrected chi connectivity index (χ3v) is 7.93. The first kappa shape index (κ1) is 33.5. The van der Waals surface area contributed by atoms with Crippen molar-refractivity contribution in [1.82, 2.24) is 4.90 Å². The highest BCUT2D eigenvalue weighted by Crippen LogP contribution is 2.45. The number of hydrogen-bond acceptors (Lipinski definition) is 4. The van der Waals surface area contributed by atoms with Crippen molar-refractivity contribution in [1.29, 1.82) is 0 Å². The third kappa shape index (κ3) is 9.04. The van der Waals surface area contributed by atoms with Crippen LogP contribution in [0.2, 0.25) is 0 Å². The van der Waals surface area contributed by atoms with E-state index in [1.165, 1.54) is 19.1 Å². The monoisotopic (exact) mass is 625 g/mol. The largest absolute Gasteiger partial charge is 0.461 e. The Morgan fingerprint density at radius 1 is 0.909 bits per heavy atom. The van der Waals surface area contributed by atoms with Crippen LogP contribution in [0.1, 0.15) is 66.0 Å². The van der Waals surface area contributed by atoms with Crippen LogP contribution in [0.25, 0.3) is 0 Å². The fourth-order valence-electron chi connectivity index (χ4n) is 5.71. The third-order valence-electron chi connectivity index (χ3n) is 7.93. The van der Waals surface area contributed by atoms with Crippen molar-refractivity contribution in [3.63, 3.8) is 0 Å². The molecule has 4 atom stereocenters. The summed E-state index contributed by atoms with van der Waals surface area (Å²) in [5, 5.41) is 0. The highest BCUT2D eigenvalue weighted by molar-refractivity contribution is 5.69. The molecule has 0 aliphatic heterocycles. The van der Waals surface area contributed by atoms with Crippen LogP contribution in [0.3, 0.4) is 0 Å². The van der Waals surface area contributed by atoms with Gasteiger partial charge in [0.2, 0.25) is 0 Å². The number of hydrogen-bond donors (Lipinski definition) is 0. The molecule has 0 saturated heterocycles. The van der Waals surface area contributed by atoms with Gasteiger partial charge >= 0.3 is 18.3 Å². The van der Waals surface area contributed by atoms with Gasteiger partial charge in [-0.05, 0) is 79.8 Å². The summed E-state index contributed by atoms with van der Waals surface area (Å²) in [6, 6.07) is 16.6. The number of ether oxygens (including phenoxy) is 2. The van der Waals surface area contributed by atoms with Crippen molar-refractivity contribution in [3.8, 4) is 0 Å². The zero-order valence-corrected chi connectivity index (χ0v) is 24.3. The van der Waals surface area contributed by atoms with E-state index in [0.717, 1.165) is 11.1 Å². The van der Waals surface area contributed by atoms with Crippen molar-refractivity contribution < 1.29 is 45.0 Å². The van der Waals surface area contributed by atoms with Gasteiger partial charge < -0.3 is 14.4 Å². The van der Waals surface area contributed by atoms with Gasteiger partial charge in [-0.25, -0.2) is 4.39 Å². The van der Waals surface area contributed by atoms with E-state index in [9.17, 15) is 35.5 Å². The number of rotatable bonds is 11. The van der Waals surface area contributed by atoms with Gasteiger partial charge in [0.15, 0.2) is 0 Å². The number of nitrogens with zero attached hydrogens (tertiary/aromatic N) is 1. The minimum atomic E-state index is -4.97. The van der Waals surface area contributed by atoms with Crippen molar-refractivity contribution in [2.75, 3.05) is 20.1 Å². The van der Waals surface area contributed by atoms with Crippen LogP contribution in [0.15, 0.2) is 72.8 Å². The smallest absolute Gasteiger partial charge is 0.416 e. The second-order valence-electron chi connectivity index (χ2n) is 11.2. The summed E-state index contributed by atoms with van der Waals surface area (Å²) >= 11 is 0. The Morgan fingerprint density at radius 3 is 2.11 bits per heavy atom. The topological polar surface area (TPSA) is 38.8 Å². The SMILES string of the molecule is C[C@@H](OC1CCC(CN(C)CCC(=O)OCc2ccccc2)C1c1ccc(F)cc1)c1cc(C(F)(F)F)cc(C(F)(F)F)c1. The second kappa shape index (κ2) is 14.1. The maximum atomic E-state index is 13.8. The lowest BCUT2D eigenvalue weighted by molar-refractivity contribution is -0.145. The van der Waals surface area contributed by atoms with Gasteiger partial charge in [0.05, 0.1) is 29.8 Å². The first-order valence-electron chi connectivity index (χ1n) is 14.3. The van der Waals surface area contributed by atoms with Crippen LogP contribution in [0.4, 0.5) is 30.7 Å². The van der Waals surface area contributed by atoms with E-state index in [1.54, 1.807) is 12.1 Å². The van der Waals surface area contributed by atoms with Gasteiger partial charge in [0.25, 0.3) is 0 Å². The molecule has 11 heteroatoms. The molecule has 0 aromatic heterocycles. The van der Waals surface area contributed by atoms with E-state index < -0.39 is 41.5 Å². The predicted molar refractivity (Wildman–Crippen MR) is 150 cm³/mol. The molecule has 238 valence electrons. The molecule has 0 radical (unpaired) electrons. The summed E-state index contributed by atoms with van der Waals surface area (Å²) in [6.07, 6.45) is -10.3. The minimum absolute atomic E-state index is 0.0322. The Kier molecular flexibility index (Phi) is 10.7. The van der Waals surface area contributed by atoms with Crippen LogP contribution < -0.4 is 0 Å². The lowest BCUT2D eigenvalue weighted by Crippen LogP contribution is -2.32. The molecule has 3 unspecified atom stereocenters. The number of benzene rings is 3. The Morgan fingerprint density at radius 2 is 1.52 bits per heavy atom. The van der Waals surface area contributed by atoms with E-state index >= 15 is 0 Å². The van der Waals surface area contributed by atoms with Crippen LogP contribution in [-0.4, -0.2) is 37.1 Å². The molecule has 1 saturated carbocycles. The lowest BCUT2D eigenvalue weighted by Gasteiger charge is -2.30. The van der Waals surface area contributed by atoms with E-state index in [2.05, 4.69) is 0 Å². The number of carbonyl (C=O) groups excluding carboxylic acids is 1. The molecule has 0 heterocycles. The van der Waals surface area contributed by atoms with Crippen LogP contribution in [-0.2, 0) is 33.2 Å². The quantitative estimate of drug-likeness (QED) is 0.158. The molecule has 0 amide bonds. The summed E-state index contributed by atoms with van der Waals surface area (Å²) in [5.74, 6) is -1.13. The summed E-state index contributed by atoms with van der Waals surface area (Å²) in [4.78, 5) is 14.3. The first-order chi connectivity index (χ1) is 20.7. The zero-order chi connectivity index (χ0) is 32.1. The van der Waals surface area contributed by atoms with Gasteiger partial charge in [-0.15, -0.1) is 0 Å². The maximum absolute atomic E-state index is 13.8. The van der Waals surface area contributed by atoms with E-state index in [1.807, 2.05) is 42.3 Å². The molecule has 0 bridgehead atoms. The molecular weight excluding hydrogens is 591 g/mol. The van der Waals surface area contributed by atoms with Crippen molar-refractivity contribution in [3.05, 3.63) is 106 Å². The van der Waals surface area contributed by atoms with Crippen molar-refractivity contribution in [2.45, 2.75) is 63.3 Å². The molecule has 1 aliphatic rings. The molecule has 44 heavy (non-hydrogen) atoms. The van der Waals surface area contributed by atoms with E-state index in [-0.39, 0.29) is 42.5 Å². The number of alkyl halides is 6. The average molecular weight is 626 g/mol. The van der Waals surface area contributed by atoms with Gasteiger partial charge in [-0.3, -0.25) is 4.79 Å². The zero-order valence-electron chi connectivity index (χ0n) is 24.3. The molecule has 0 spiro atoms. The molecule has 1 aliphatic carbocycles. The Bertz CT molecular complexity index is 1340. The van der Waals surface area contributed by atoms with E-state index in [0.29, 0.717) is 38.1 Å². The fraction of sp³-hybridized carbons (Fsp3) is 0.424. The maximum Gasteiger partial charge on any atom is 0.416 e. The van der Waals surface area contributed by atoms with Gasteiger partial charge in [-0.2, -0.15) is 26.3 Å². The Labute approximate surface area is 251 Å². The predicted octanol–water partition coefficient (Wildman–Crippen LogP) is 8.57.